The van der Waals surface area contributed by atoms with Crippen molar-refractivity contribution >= 4 is 0 Å². The molecule has 122 valence electrons. The third-order valence-electron chi connectivity index (χ3n) is 5.79. The average Bonchev–Trinajstić information content (AvgIpc) is 3.07. The molecule has 0 amide bonds. The molecule has 0 spiro atoms. The van der Waals surface area contributed by atoms with Crippen molar-refractivity contribution < 1.29 is 0 Å². The molecule has 1 atom stereocenters. The quantitative estimate of drug-likeness (QED) is 0.662. The van der Waals surface area contributed by atoms with Gasteiger partial charge < -0.3 is 5.32 Å². The van der Waals surface area contributed by atoms with E-state index in [1.807, 2.05) is 0 Å². The summed E-state index contributed by atoms with van der Waals surface area (Å²) in [5.41, 5.74) is 2.06. The maximum Gasteiger partial charge on any atom is 0.0466 e. The first kappa shape index (κ1) is 17.0. The molecule has 2 rings (SSSR count). The molecule has 1 fully saturated rings. The summed E-state index contributed by atoms with van der Waals surface area (Å²) >= 11 is 0. The van der Waals surface area contributed by atoms with Crippen molar-refractivity contribution in [1.29, 1.82) is 0 Å². The maximum absolute atomic E-state index is 3.95. The van der Waals surface area contributed by atoms with Crippen molar-refractivity contribution in [3.8, 4) is 0 Å². The van der Waals surface area contributed by atoms with E-state index >= 15 is 0 Å². The minimum absolute atomic E-state index is 0.342. The second kappa shape index (κ2) is 8.33. The van der Waals surface area contributed by atoms with E-state index in [2.05, 4.69) is 37.1 Å². The van der Waals surface area contributed by atoms with Gasteiger partial charge in [0.1, 0.15) is 0 Å². The molecule has 1 saturated heterocycles. The minimum Gasteiger partial charge on any atom is -0.309 e. The Kier molecular flexibility index (Phi) is 6.75. The van der Waals surface area contributed by atoms with Crippen LogP contribution in [0.5, 0.6) is 0 Å². The molecular weight excluding hydrogens is 256 g/mol. The van der Waals surface area contributed by atoms with E-state index in [9.17, 15) is 0 Å². The van der Waals surface area contributed by atoms with E-state index in [1.54, 1.807) is 5.57 Å². The third-order valence-corrected chi connectivity index (χ3v) is 5.79. The van der Waals surface area contributed by atoms with Gasteiger partial charge in [-0.3, -0.25) is 4.90 Å². The highest BCUT2D eigenvalue weighted by Gasteiger charge is 2.43. The van der Waals surface area contributed by atoms with Gasteiger partial charge in [-0.2, -0.15) is 0 Å². The lowest BCUT2D eigenvalue weighted by atomic mass is 9.76. The van der Waals surface area contributed by atoms with Gasteiger partial charge >= 0.3 is 0 Å². The molecule has 0 saturated carbocycles. The van der Waals surface area contributed by atoms with Crippen LogP contribution in [0.1, 0.15) is 78.6 Å². The van der Waals surface area contributed by atoms with Crippen molar-refractivity contribution in [2.24, 2.45) is 0 Å². The SMILES string of the molecule is CCCNC(C1=CCCCC1)C(CC)(CC)N1CCCC1. The zero-order valence-corrected chi connectivity index (χ0v) is 14.6. The highest BCUT2D eigenvalue weighted by molar-refractivity contribution is 5.21. The lowest BCUT2D eigenvalue weighted by Crippen LogP contribution is -2.61. The van der Waals surface area contributed by atoms with Gasteiger partial charge in [-0.1, -0.05) is 32.4 Å². The van der Waals surface area contributed by atoms with Crippen molar-refractivity contribution in [3.63, 3.8) is 0 Å². The van der Waals surface area contributed by atoms with Gasteiger partial charge in [-0.05, 0) is 77.4 Å². The predicted octanol–water partition coefficient (Wildman–Crippen LogP) is 4.51. The van der Waals surface area contributed by atoms with Crippen molar-refractivity contribution in [2.75, 3.05) is 19.6 Å². The fraction of sp³-hybridized carbons (Fsp3) is 0.895. The molecule has 2 nitrogen and oxygen atoms in total. The number of allylic oxidation sites excluding steroid dienone is 1. The van der Waals surface area contributed by atoms with Crippen molar-refractivity contribution in [1.82, 2.24) is 10.2 Å². The van der Waals surface area contributed by atoms with E-state index in [0.717, 1.165) is 6.54 Å². The van der Waals surface area contributed by atoms with E-state index < -0.39 is 0 Å². The first-order valence-electron chi connectivity index (χ1n) is 9.45. The fourth-order valence-corrected chi connectivity index (χ4v) is 4.53. The fourth-order valence-electron chi connectivity index (χ4n) is 4.53. The Hall–Kier alpha value is -0.340. The topological polar surface area (TPSA) is 15.3 Å². The van der Waals surface area contributed by atoms with E-state index in [-0.39, 0.29) is 0 Å². The largest absolute Gasteiger partial charge is 0.309 e. The summed E-state index contributed by atoms with van der Waals surface area (Å²) in [4.78, 5) is 2.82. The Morgan fingerprint density at radius 2 is 1.81 bits per heavy atom. The van der Waals surface area contributed by atoms with E-state index in [1.165, 1.54) is 70.9 Å². The van der Waals surface area contributed by atoms with Crippen molar-refractivity contribution in [2.45, 2.75) is 90.1 Å². The molecule has 0 bridgehead atoms. The van der Waals surface area contributed by atoms with Crippen molar-refractivity contribution in [3.05, 3.63) is 11.6 Å². The van der Waals surface area contributed by atoms with Crippen LogP contribution in [0.15, 0.2) is 11.6 Å². The van der Waals surface area contributed by atoms with Gasteiger partial charge in [0.05, 0.1) is 0 Å². The smallest absolute Gasteiger partial charge is 0.0466 e. The summed E-state index contributed by atoms with van der Waals surface area (Å²) < 4.78 is 0. The maximum atomic E-state index is 3.95. The number of nitrogens with one attached hydrogen (secondary N) is 1. The molecule has 0 radical (unpaired) electrons. The summed E-state index contributed by atoms with van der Waals surface area (Å²) in [6.07, 6.45) is 14.5. The van der Waals surface area contributed by atoms with Crippen LogP contribution in [0.2, 0.25) is 0 Å². The van der Waals surface area contributed by atoms with Gasteiger partial charge in [0.25, 0.3) is 0 Å². The van der Waals surface area contributed by atoms with Crippen LogP contribution in [0.25, 0.3) is 0 Å². The Morgan fingerprint density at radius 3 is 2.33 bits per heavy atom. The monoisotopic (exact) mass is 292 g/mol. The molecule has 1 heterocycles. The van der Waals surface area contributed by atoms with Crippen LogP contribution in [-0.2, 0) is 0 Å². The molecule has 0 aromatic heterocycles. The molecule has 0 aromatic carbocycles. The number of hydrogen-bond acceptors (Lipinski definition) is 2. The normalized spacial score (nSPS) is 22.3. The molecule has 1 aliphatic carbocycles. The van der Waals surface area contributed by atoms with Gasteiger partial charge in [-0.15, -0.1) is 0 Å². The number of rotatable bonds is 8. The van der Waals surface area contributed by atoms with Crippen LogP contribution in [-0.4, -0.2) is 36.1 Å². The molecule has 1 aliphatic heterocycles. The Bertz CT molecular complexity index is 324. The van der Waals surface area contributed by atoms with Gasteiger partial charge in [-0.25, -0.2) is 0 Å². The number of likely N-dealkylation sites (tertiary alicyclic amines) is 1. The summed E-state index contributed by atoms with van der Waals surface area (Å²) in [5.74, 6) is 0. The molecule has 2 heteroatoms. The Balaban J connectivity index is 2.26. The van der Waals surface area contributed by atoms with Crippen LogP contribution < -0.4 is 5.32 Å². The molecule has 1 unspecified atom stereocenters. The zero-order valence-electron chi connectivity index (χ0n) is 14.6. The summed E-state index contributed by atoms with van der Waals surface area (Å²) in [6.45, 7) is 10.9. The highest BCUT2D eigenvalue weighted by atomic mass is 15.2. The summed E-state index contributed by atoms with van der Waals surface area (Å²) in [7, 11) is 0. The minimum atomic E-state index is 0.342. The van der Waals surface area contributed by atoms with E-state index in [4.69, 9.17) is 0 Å². The number of nitrogens with zero attached hydrogens (tertiary/aromatic N) is 1. The average molecular weight is 293 g/mol. The molecule has 2 aliphatic rings. The molecule has 0 aromatic rings. The lowest BCUT2D eigenvalue weighted by Gasteiger charge is -2.48. The third kappa shape index (κ3) is 3.71. The second-order valence-corrected chi connectivity index (χ2v) is 6.92. The zero-order chi connectivity index (χ0) is 15.1. The van der Waals surface area contributed by atoms with Gasteiger partial charge in [0.2, 0.25) is 0 Å². The van der Waals surface area contributed by atoms with Crippen LogP contribution in [0, 0.1) is 0 Å². The van der Waals surface area contributed by atoms with Crippen LogP contribution in [0.4, 0.5) is 0 Å². The summed E-state index contributed by atoms with van der Waals surface area (Å²) in [6, 6.07) is 0.575. The number of hydrogen-bond donors (Lipinski definition) is 1. The molecule has 21 heavy (non-hydrogen) atoms. The van der Waals surface area contributed by atoms with Gasteiger partial charge in [0, 0.05) is 11.6 Å². The molecular formula is C19H36N2. The first-order chi connectivity index (χ1) is 10.3. The lowest BCUT2D eigenvalue weighted by molar-refractivity contribution is 0.0732. The predicted molar refractivity (Wildman–Crippen MR) is 92.8 cm³/mol. The highest BCUT2D eigenvalue weighted by Crippen LogP contribution is 2.37. The van der Waals surface area contributed by atoms with Gasteiger partial charge in [0.15, 0.2) is 0 Å². The second-order valence-electron chi connectivity index (χ2n) is 6.92. The summed E-state index contributed by atoms with van der Waals surface area (Å²) in [5, 5.41) is 3.95. The van der Waals surface area contributed by atoms with E-state index in [0.29, 0.717) is 11.6 Å². The molecule has 1 N–H and O–H groups in total. The van der Waals surface area contributed by atoms with Crippen LogP contribution >= 0.6 is 0 Å². The Labute approximate surface area is 132 Å². The first-order valence-corrected chi connectivity index (χ1v) is 9.45. The Morgan fingerprint density at radius 1 is 1.10 bits per heavy atom. The standard InChI is InChI=1S/C19H36N2/c1-4-14-20-18(17-12-8-7-9-13-17)19(5-2,6-3)21-15-10-11-16-21/h12,18,20H,4-11,13-16H2,1-3H3. The van der Waals surface area contributed by atoms with Crippen LogP contribution in [0.3, 0.4) is 0 Å².